The van der Waals surface area contributed by atoms with Crippen molar-refractivity contribution in [3.63, 3.8) is 0 Å². The molecular formula is C6H7BrN2. The summed E-state index contributed by atoms with van der Waals surface area (Å²) in [7, 11) is 0. The van der Waals surface area contributed by atoms with Gasteiger partial charge in [-0.3, -0.25) is 4.98 Å². The van der Waals surface area contributed by atoms with Gasteiger partial charge in [-0.25, -0.2) is 0 Å². The first-order valence-electron chi connectivity index (χ1n) is 2.62. The molecule has 1 aromatic rings. The van der Waals surface area contributed by atoms with E-state index in [0.29, 0.717) is 0 Å². The monoisotopic (exact) mass is 186 g/mol. The van der Waals surface area contributed by atoms with E-state index >= 15 is 0 Å². The highest BCUT2D eigenvalue weighted by Crippen LogP contribution is 2.12. The molecule has 0 radical (unpaired) electrons. The molecule has 0 spiro atoms. The lowest BCUT2D eigenvalue weighted by molar-refractivity contribution is 1.27. The lowest BCUT2D eigenvalue weighted by Crippen LogP contribution is -1.84. The molecule has 0 aliphatic carbocycles. The van der Waals surface area contributed by atoms with Crippen LogP contribution in [0.25, 0.3) is 0 Å². The molecular weight excluding hydrogens is 180 g/mol. The number of anilines is 1. The highest BCUT2D eigenvalue weighted by atomic mass is 79.9. The van der Waals surface area contributed by atoms with Gasteiger partial charge in [0.1, 0.15) is 0 Å². The summed E-state index contributed by atoms with van der Waals surface area (Å²) in [5, 5.41) is 0. The van der Waals surface area contributed by atoms with E-state index < -0.39 is 0 Å². The van der Waals surface area contributed by atoms with Crippen molar-refractivity contribution in [2.75, 3.05) is 4.34 Å². The SMILES string of the molecule is Cc1cnccc1NBr. The van der Waals surface area contributed by atoms with E-state index in [0.717, 1.165) is 11.3 Å². The highest BCUT2D eigenvalue weighted by Gasteiger charge is 1.90. The van der Waals surface area contributed by atoms with Crippen molar-refractivity contribution in [1.29, 1.82) is 0 Å². The predicted molar refractivity (Wildman–Crippen MR) is 41.5 cm³/mol. The van der Waals surface area contributed by atoms with Crippen LogP contribution in [0.4, 0.5) is 5.69 Å². The van der Waals surface area contributed by atoms with E-state index in [1.54, 1.807) is 6.20 Å². The van der Waals surface area contributed by atoms with E-state index in [1.807, 2.05) is 19.2 Å². The average Bonchev–Trinajstić information content (AvgIpc) is 1.89. The molecule has 0 atom stereocenters. The van der Waals surface area contributed by atoms with Gasteiger partial charge in [-0.05, 0) is 18.6 Å². The van der Waals surface area contributed by atoms with Crippen LogP contribution in [0.2, 0.25) is 0 Å². The molecule has 2 nitrogen and oxygen atoms in total. The number of halogens is 1. The van der Waals surface area contributed by atoms with E-state index in [9.17, 15) is 0 Å². The Morgan fingerprint density at radius 2 is 2.44 bits per heavy atom. The maximum Gasteiger partial charge on any atom is 0.0500 e. The van der Waals surface area contributed by atoms with Crippen molar-refractivity contribution in [2.24, 2.45) is 0 Å². The van der Waals surface area contributed by atoms with Gasteiger partial charge < -0.3 is 4.34 Å². The van der Waals surface area contributed by atoms with Gasteiger partial charge in [0.2, 0.25) is 0 Å². The minimum absolute atomic E-state index is 1.06. The molecule has 48 valence electrons. The third-order valence-corrected chi connectivity index (χ3v) is 1.55. The molecule has 1 aromatic heterocycles. The number of nitrogens with one attached hydrogen (secondary N) is 1. The molecule has 0 fully saturated rings. The summed E-state index contributed by atoms with van der Waals surface area (Å²) in [6.45, 7) is 2.00. The van der Waals surface area contributed by atoms with Gasteiger partial charge in [-0.1, -0.05) is 0 Å². The van der Waals surface area contributed by atoms with Gasteiger partial charge in [0.15, 0.2) is 0 Å². The zero-order chi connectivity index (χ0) is 6.69. The predicted octanol–water partition coefficient (Wildman–Crippen LogP) is 2.11. The molecule has 1 N–H and O–H groups in total. The maximum atomic E-state index is 3.93. The Morgan fingerprint density at radius 3 is 2.89 bits per heavy atom. The molecule has 9 heavy (non-hydrogen) atoms. The van der Waals surface area contributed by atoms with Crippen LogP contribution in [0.5, 0.6) is 0 Å². The average molecular weight is 187 g/mol. The normalized spacial score (nSPS) is 9.11. The van der Waals surface area contributed by atoms with Crippen LogP contribution in [-0.2, 0) is 0 Å². The van der Waals surface area contributed by atoms with E-state index in [2.05, 4.69) is 25.5 Å². The van der Waals surface area contributed by atoms with E-state index in [4.69, 9.17) is 0 Å². The van der Waals surface area contributed by atoms with Crippen LogP contribution in [0.1, 0.15) is 5.56 Å². The van der Waals surface area contributed by atoms with Crippen LogP contribution >= 0.6 is 16.1 Å². The molecule has 0 saturated carbocycles. The summed E-state index contributed by atoms with van der Waals surface area (Å²) >= 11 is 3.13. The highest BCUT2D eigenvalue weighted by molar-refractivity contribution is 9.10. The van der Waals surface area contributed by atoms with E-state index in [-0.39, 0.29) is 0 Å². The number of aryl methyl sites for hydroxylation is 1. The van der Waals surface area contributed by atoms with Crippen molar-refractivity contribution in [2.45, 2.75) is 6.92 Å². The van der Waals surface area contributed by atoms with E-state index in [1.165, 1.54) is 0 Å². The van der Waals surface area contributed by atoms with Gasteiger partial charge in [0.05, 0.1) is 5.69 Å². The summed E-state index contributed by atoms with van der Waals surface area (Å²) in [4.78, 5) is 3.93. The first-order valence-corrected chi connectivity index (χ1v) is 3.41. The summed E-state index contributed by atoms with van der Waals surface area (Å²) < 4.78 is 2.87. The molecule has 0 bridgehead atoms. The lowest BCUT2D eigenvalue weighted by atomic mass is 10.3. The fraction of sp³-hybridized carbons (Fsp3) is 0.167. The number of nitrogens with zero attached hydrogens (tertiary/aromatic N) is 1. The fourth-order valence-corrected chi connectivity index (χ4v) is 1.02. The number of aromatic nitrogens is 1. The van der Waals surface area contributed by atoms with Gasteiger partial charge in [-0.2, -0.15) is 0 Å². The molecule has 0 aromatic carbocycles. The van der Waals surface area contributed by atoms with Crippen LogP contribution in [0, 0.1) is 6.92 Å². The maximum absolute atomic E-state index is 3.93. The fourth-order valence-electron chi connectivity index (χ4n) is 0.579. The third kappa shape index (κ3) is 1.42. The molecule has 1 heterocycles. The van der Waals surface area contributed by atoms with Crippen molar-refractivity contribution >= 4 is 21.8 Å². The molecule has 0 saturated heterocycles. The Bertz CT molecular complexity index is 200. The van der Waals surface area contributed by atoms with Gasteiger partial charge in [0, 0.05) is 28.5 Å². The van der Waals surface area contributed by atoms with Gasteiger partial charge >= 0.3 is 0 Å². The minimum atomic E-state index is 1.06. The summed E-state index contributed by atoms with van der Waals surface area (Å²) in [6.07, 6.45) is 3.56. The largest absolute Gasteiger partial charge is 0.322 e. The minimum Gasteiger partial charge on any atom is -0.322 e. The number of hydrogen-bond acceptors (Lipinski definition) is 2. The number of rotatable bonds is 1. The molecule has 0 unspecified atom stereocenters. The van der Waals surface area contributed by atoms with Crippen LogP contribution in [0.15, 0.2) is 18.5 Å². The number of hydrogen-bond donors (Lipinski definition) is 1. The van der Waals surface area contributed by atoms with Crippen molar-refractivity contribution in [3.05, 3.63) is 24.0 Å². The Hall–Kier alpha value is -0.570. The Morgan fingerprint density at radius 1 is 1.67 bits per heavy atom. The second kappa shape index (κ2) is 2.82. The Labute approximate surface area is 62.6 Å². The van der Waals surface area contributed by atoms with Crippen LogP contribution in [-0.4, -0.2) is 4.98 Å². The summed E-state index contributed by atoms with van der Waals surface area (Å²) in [5.74, 6) is 0. The van der Waals surface area contributed by atoms with Crippen molar-refractivity contribution in [1.82, 2.24) is 4.98 Å². The van der Waals surface area contributed by atoms with Crippen molar-refractivity contribution < 1.29 is 0 Å². The van der Waals surface area contributed by atoms with Gasteiger partial charge in [-0.15, -0.1) is 0 Å². The molecule has 0 amide bonds. The van der Waals surface area contributed by atoms with Gasteiger partial charge in [0.25, 0.3) is 0 Å². The lowest BCUT2D eigenvalue weighted by Gasteiger charge is -1.98. The van der Waals surface area contributed by atoms with Crippen LogP contribution in [0.3, 0.4) is 0 Å². The molecule has 1 rings (SSSR count). The summed E-state index contributed by atoms with van der Waals surface area (Å²) in [5.41, 5.74) is 2.19. The molecule has 0 aliphatic rings. The zero-order valence-electron chi connectivity index (χ0n) is 5.06. The standard InChI is InChI=1S/C6H7BrN2/c1-5-4-8-3-2-6(5)9-7/h2-4H,1H3,(H,8,9). The molecule has 0 aliphatic heterocycles. The number of pyridine rings is 1. The smallest absolute Gasteiger partial charge is 0.0500 e. The third-order valence-electron chi connectivity index (χ3n) is 1.12. The van der Waals surface area contributed by atoms with Crippen molar-refractivity contribution in [3.8, 4) is 0 Å². The summed E-state index contributed by atoms with van der Waals surface area (Å²) in [6, 6.07) is 1.91. The quantitative estimate of drug-likeness (QED) is 0.681. The topological polar surface area (TPSA) is 24.9 Å². The Balaban J connectivity index is 3.01. The second-order valence-corrected chi connectivity index (χ2v) is 2.18. The molecule has 3 heteroatoms. The first-order chi connectivity index (χ1) is 4.34. The Kier molecular flexibility index (Phi) is 2.05. The first kappa shape index (κ1) is 6.55. The second-order valence-electron chi connectivity index (χ2n) is 1.79. The van der Waals surface area contributed by atoms with Crippen LogP contribution < -0.4 is 4.34 Å². The zero-order valence-corrected chi connectivity index (χ0v) is 6.64.